The van der Waals surface area contributed by atoms with Crippen LogP contribution in [0.15, 0.2) is 53.3 Å². The minimum atomic E-state index is -1.92. The van der Waals surface area contributed by atoms with Gasteiger partial charge in [-0.15, -0.1) is 0 Å². The molecule has 2 aromatic carbocycles. The largest absolute Gasteiger partial charge is 0.494 e. The number of nitrogens with two attached hydrogens (primary N) is 2. The Morgan fingerprint density at radius 3 is 1.71 bits per heavy atom. The quantitative estimate of drug-likeness (QED) is 0.0205. The fourth-order valence-corrected chi connectivity index (χ4v) is 10.6. The van der Waals surface area contributed by atoms with Gasteiger partial charge in [-0.3, -0.25) is 19.2 Å². The standard InChI is InChI=1S/C69H103N9O22/c1-5-52-53-43-51(14-15-57(53)75-62-54(52)45-78-59(62)44-56-55(65(78)82)47-99-66(83)69(56,86)6-2)98-20-8-19-73-68(85)100-46-49-10-12-50(13-11-49)74-63(80)58(9-7-18-72-67(71)84)76-64(81)61(48(3)4)77-60(79)16-21-87-23-25-89-27-29-91-31-33-93-35-37-95-39-41-97-42-40-96-38-36-94-34-32-92-30-28-90-26-24-88-22-17-70/h10-15,43-44,48,58,61,86H,5-9,16-42,45-47,70H2,1-4H3,(H,73,85)(H,74,80)(H,76,81)(H,77,79)(H3,71,72,84)/t58-,61?,69-/m0/s1. The lowest BCUT2D eigenvalue weighted by Crippen LogP contribution is -2.54. The number of benzene rings is 2. The molecule has 0 saturated heterocycles. The first-order chi connectivity index (χ1) is 48.6. The highest BCUT2D eigenvalue weighted by Gasteiger charge is 2.45. The topological polar surface area (TPSA) is 399 Å². The zero-order valence-corrected chi connectivity index (χ0v) is 58.2. The van der Waals surface area contributed by atoms with Crippen molar-refractivity contribution in [2.45, 2.75) is 104 Å². The van der Waals surface area contributed by atoms with Crippen LogP contribution in [0.3, 0.4) is 0 Å². The minimum absolute atomic E-state index is 0.0278. The van der Waals surface area contributed by atoms with Crippen LogP contribution in [0.4, 0.5) is 15.3 Å². The third-order valence-corrected chi connectivity index (χ3v) is 15.9. The van der Waals surface area contributed by atoms with Crippen LogP contribution in [0.2, 0.25) is 0 Å². The maximum absolute atomic E-state index is 13.7. The van der Waals surface area contributed by atoms with Crippen LogP contribution in [0.1, 0.15) is 87.6 Å². The van der Waals surface area contributed by atoms with Crippen molar-refractivity contribution >= 4 is 52.4 Å². The number of aryl methyl sites for hydroxylation is 1. The number of cyclic esters (lactones) is 1. The second kappa shape index (κ2) is 46.1. The predicted molar refractivity (Wildman–Crippen MR) is 365 cm³/mol. The fraction of sp³-hybridized carbons (Fsp3) is 0.623. The molecule has 10 N–H and O–H groups in total. The monoisotopic (exact) mass is 1410 g/mol. The number of aromatic nitrogens is 2. The van der Waals surface area contributed by atoms with E-state index in [1.807, 2.05) is 19.1 Å². The number of esters is 1. The Kier molecular flexibility index (Phi) is 37.6. The van der Waals surface area contributed by atoms with Gasteiger partial charge in [-0.1, -0.05) is 39.8 Å². The molecule has 6 amide bonds. The molecule has 1 unspecified atom stereocenters. The van der Waals surface area contributed by atoms with Crippen molar-refractivity contribution in [1.29, 1.82) is 0 Å². The molecule has 4 heterocycles. The van der Waals surface area contributed by atoms with Crippen LogP contribution < -0.4 is 48.3 Å². The molecule has 0 fully saturated rings. The van der Waals surface area contributed by atoms with Crippen molar-refractivity contribution < 1.29 is 100 Å². The van der Waals surface area contributed by atoms with Crippen LogP contribution in [0.25, 0.3) is 22.3 Å². The van der Waals surface area contributed by atoms with Gasteiger partial charge < -0.3 is 114 Å². The number of pyridine rings is 2. The van der Waals surface area contributed by atoms with Gasteiger partial charge >= 0.3 is 18.1 Å². The van der Waals surface area contributed by atoms with E-state index < -0.39 is 53.5 Å². The highest BCUT2D eigenvalue weighted by atomic mass is 16.6. The van der Waals surface area contributed by atoms with Gasteiger partial charge in [0.05, 0.1) is 181 Å². The van der Waals surface area contributed by atoms with Crippen LogP contribution in [0.5, 0.6) is 5.75 Å². The van der Waals surface area contributed by atoms with Crippen LogP contribution >= 0.6 is 0 Å². The van der Waals surface area contributed by atoms with Crippen molar-refractivity contribution in [2.24, 2.45) is 17.4 Å². The fourth-order valence-electron chi connectivity index (χ4n) is 10.6. The molecule has 0 spiro atoms. The predicted octanol–water partition coefficient (Wildman–Crippen LogP) is 2.88. The number of hydrogen-bond acceptors (Lipinski definition) is 24. The number of primary amides is 1. The molecular weight excluding hydrogens is 1310 g/mol. The van der Waals surface area contributed by atoms with Crippen LogP contribution in [-0.2, 0) is 113 Å². The molecule has 4 aromatic rings. The van der Waals surface area contributed by atoms with Gasteiger partial charge in [-0.2, -0.15) is 0 Å². The normalized spacial score (nSPS) is 14.4. The van der Waals surface area contributed by atoms with Crippen molar-refractivity contribution in [3.05, 3.63) is 86.7 Å². The second-order valence-corrected chi connectivity index (χ2v) is 23.5. The van der Waals surface area contributed by atoms with E-state index in [4.69, 9.17) is 82.8 Å². The first-order valence-corrected chi connectivity index (χ1v) is 34.3. The highest BCUT2D eigenvalue weighted by Crippen LogP contribution is 2.41. The van der Waals surface area contributed by atoms with E-state index in [1.54, 1.807) is 61.7 Å². The Balaban J connectivity index is 0.777. The lowest BCUT2D eigenvalue weighted by atomic mass is 9.86. The Morgan fingerprint density at radius 1 is 0.650 bits per heavy atom. The number of anilines is 1. The van der Waals surface area contributed by atoms with Gasteiger partial charge in [-0.05, 0) is 85.5 Å². The van der Waals surface area contributed by atoms with Crippen molar-refractivity contribution in [1.82, 2.24) is 30.8 Å². The number of carbonyl (C=O) groups is 6. The molecule has 2 aromatic heterocycles. The first-order valence-electron chi connectivity index (χ1n) is 34.3. The number of hydrogen-bond donors (Lipinski definition) is 8. The van der Waals surface area contributed by atoms with Gasteiger partial charge in [0.25, 0.3) is 5.56 Å². The zero-order chi connectivity index (χ0) is 71.7. The van der Waals surface area contributed by atoms with Gasteiger partial charge in [0.1, 0.15) is 31.0 Å². The molecule has 0 aliphatic carbocycles. The maximum atomic E-state index is 13.7. The Bertz CT molecular complexity index is 3210. The Labute approximate surface area is 583 Å². The lowest BCUT2D eigenvalue weighted by molar-refractivity contribution is -0.172. The van der Waals surface area contributed by atoms with Crippen molar-refractivity contribution in [3.8, 4) is 17.1 Å². The van der Waals surface area contributed by atoms with E-state index in [9.17, 15) is 38.7 Å². The number of aliphatic hydroxyl groups is 1. The summed E-state index contributed by atoms with van der Waals surface area (Å²) in [5.41, 5.74) is 13.7. The van der Waals surface area contributed by atoms with E-state index >= 15 is 0 Å². The Hall–Kier alpha value is -7.50. The van der Waals surface area contributed by atoms with Gasteiger partial charge in [0.2, 0.25) is 17.7 Å². The molecule has 31 heteroatoms. The molecule has 6 rings (SSSR count). The van der Waals surface area contributed by atoms with E-state index in [0.29, 0.717) is 179 Å². The molecule has 2 aliphatic rings. The molecule has 3 atom stereocenters. The van der Waals surface area contributed by atoms with Crippen LogP contribution in [-0.4, -0.2) is 234 Å². The van der Waals surface area contributed by atoms with Gasteiger partial charge in [-0.25, -0.2) is 19.4 Å². The van der Waals surface area contributed by atoms with Crippen LogP contribution in [0, 0.1) is 5.92 Å². The highest BCUT2D eigenvalue weighted by molar-refractivity contribution is 5.98. The average molecular weight is 1410 g/mol. The molecule has 556 valence electrons. The number of rotatable bonds is 54. The van der Waals surface area contributed by atoms with E-state index in [1.165, 1.54) is 0 Å². The molecular formula is C69H103N9O22. The molecule has 0 radical (unpaired) electrons. The van der Waals surface area contributed by atoms with E-state index in [0.717, 1.165) is 16.5 Å². The third-order valence-electron chi connectivity index (χ3n) is 15.9. The third kappa shape index (κ3) is 27.8. The number of ether oxygens (including phenoxy) is 14. The summed E-state index contributed by atoms with van der Waals surface area (Å²) in [7, 11) is 0. The molecule has 2 aliphatic heterocycles. The molecule has 31 nitrogen and oxygen atoms in total. The Morgan fingerprint density at radius 2 is 1.19 bits per heavy atom. The number of nitrogens with one attached hydrogen (secondary N) is 5. The summed E-state index contributed by atoms with van der Waals surface area (Å²) in [6.07, 6.45) is 0.899. The maximum Gasteiger partial charge on any atom is 0.407 e. The lowest BCUT2D eigenvalue weighted by Gasteiger charge is -2.31. The number of amides is 6. The van der Waals surface area contributed by atoms with E-state index in [-0.39, 0.29) is 108 Å². The summed E-state index contributed by atoms with van der Waals surface area (Å²) in [4.78, 5) is 95.8. The minimum Gasteiger partial charge on any atom is -0.494 e. The summed E-state index contributed by atoms with van der Waals surface area (Å²) in [6.45, 7) is 17.6. The van der Waals surface area contributed by atoms with Crippen molar-refractivity contribution in [3.63, 3.8) is 0 Å². The summed E-state index contributed by atoms with van der Waals surface area (Å²) < 4.78 is 78.6. The smallest absolute Gasteiger partial charge is 0.407 e. The first kappa shape index (κ1) is 81.5. The number of carbonyl (C=O) groups excluding carboxylic acids is 6. The molecule has 0 saturated carbocycles. The van der Waals surface area contributed by atoms with Gasteiger partial charge in [0.15, 0.2) is 5.60 Å². The number of urea groups is 1. The average Bonchev–Trinajstić information content (AvgIpc) is 1.52. The molecule has 0 bridgehead atoms. The summed E-state index contributed by atoms with van der Waals surface area (Å²) in [6, 6.07) is 11.1. The van der Waals surface area contributed by atoms with E-state index in [2.05, 4.69) is 26.6 Å². The number of alkyl carbamates (subject to hydrolysis) is 1. The summed E-state index contributed by atoms with van der Waals surface area (Å²) in [5, 5.41) is 25.7. The van der Waals surface area contributed by atoms with Gasteiger partial charge in [0, 0.05) is 48.3 Å². The number of fused-ring (bicyclic) bond motifs is 5. The zero-order valence-electron chi connectivity index (χ0n) is 58.2. The number of nitrogens with zero attached hydrogens (tertiary/aromatic N) is 2. The van der Waals surface area contributed by atoms with Crippen molar-refractivity contribution in [2.75, 3.05) is 177 Å². The summed E-state index contributed by atoms with van der Waals surface area (Å²) >= 11 is 0. The molecule has 100 heavy (non-hydrogen) atoms. The summed E-state index contributed by atoms with van der Waals surface area (Å²) in [5.74, 6) is -2.08. The second-order valence-electron chi connectivity index (χ2n) is 23.5. The SMILES string of the molecule is CCc1c2c(nc3ccc(OCCCNC(=O)OCc4ccc(NC(=O)[C@H](CCCNC(N)=O)NC(=O)C(NC(=O)CCOCCOCCOCCOCCOCCOCCOCCOCCOCCOCCOCCN)C(C)C)cc4)cc13)-c1cc3c(c(=O)n1C2)COC(=O)[C@]3(O)CC.